The van der Waals surface area contributed by atoms with Crippen molar-refractivity contribution in [3.05, 3.63) is 77.9 Å². The van der Waals surface area contributed by atoms with Gasteiger partial charge in [-0.25, -0.2) is 8.42 Å². The maximum Gasteiger partial charge on any atom is 0.247 e. The summed E-state index contributed by atoms with van der Waals surface area (Å²) in [5.74, 6) is 0.239. The fourth-order valence-electron chi connectivity index (χ4n) is 5.17. The van der Waals surface area contributed by atoms with Crippen molar-refractivity contribution in [1.82, 2.24) is 4.31 Å². The third-order valence-corrected chi connectivity index (χ3v) is 8.75. The number of nitriles is 1. The van der Waals surface area contributed by atoms with E-state index in [4.69, 9.17) is 10.00 Å². The molecule has 0 aliphatic carbocycles. The van der Waals surface area contributed by atoms with E-state index in [1.54, 1.807) is 40.7 Å². The van der Waals surface area contributed by atoms with Gasteiger partial charge in [0.2, 0.25) is 10.0 Å². The van der Waals surface area contributed by atoms with E-state index in [2.05, 4.69) is 11.4 Å². The van der Waals surface area contributed by atoms with Crippen LogP contribution in [0.1, 0.15) is 23.6 Å². The van der Waals surface area contributed by atoms with Crippen LogP contribution < -0.4 is 10.1 Å². The number of hydrogen-bond donors (Lipinski definition) is 2. The molecule has 8 heteroatoms. The first-order chi connectivity index (χ1) is 16.5. The summed E-state index contributed by atoms with van der Waals surface area (Å²) in [4.78, 5) is 0.141. The molecule has 0 unspecified atom stereocenters. The SMILES string of the molecule is COc1ccccc1S(=O)(=O)N1CC[C@@H]2[C@H](CO)Nc3ccc(-c4ccc(C#N)cc4)cc3[C@@H]21. The zero-order chi connectivity index (χ0) is 23.9. The van der Waals surface area contributed by atoms with Crippen molar-refractivity contribution in [2.45, 2.75) is 23.4 Å². The number of hydrogen-bond acceptors (Lipinski definition) is 6. The topological polar surface area (TPSA) is 103 Å². The number of nitrogens with one attached hydrogen (secondary N) is 1. The number of benzene rings is 3. The minimum atomic E-state index is -3.85. The van der Waals surface area contributed by atoms with Gasteiger partial charge >= 0.3 is 0 Å². The van der Waals surface area contributed by atoms with E-state index in [1.807, 2.05) is 30.3 Å². The van der Waals surface area contributed by atoms with Crippen LogP contribution in [-0.4, -0.2) is 44.1 Å². The number of aliphatic hydroxyl groups excluding tert-OH is 1. The Balaban J connectivity index is 1.61. The maximum atomic E-state index is 13.8. The van der Waals surface area contributed by atoms with Gasteiger partial charge in [-0.2, -0.15) is 9.57 Å². The Labute approximate surface area is 199 Å². The third kappa shape index (κ3) is 3.62. The fourth-order valence-corrected chi connectivity index (χ4v) is 6.99. The van der Waals surface area contributed by atoms with Crippen molar-refractivity contribution in [2.24, 2.45) is 5.92 Å². The van der Waals surface area contributed by atoms with Gasteiger partial charge in [-0.1, -0.05) is 30.3 Å². The van der Waals surface area contributed by atoms with Crippen LogP contribution in [0.2, 0.25) is 0 Å². The van der Waals surface area contributed by atoms with E-state index in [-0.39, 0.29) is 23.5 Å². The van der Waals surface area contributed by atoms with Crippen molar-refractivity contribution < 1.29 is 18.3 Å². The van der Waals surface area contributed by atoms with Gasteiger partial charge in [0.15, 0.2) is 0 Å². The number of para-hydroxylation sites is 1. The minimum Gasteiger partial charge on any atom is -0.495 e. The summed E-state index contributed by atoms with van der Waals surface area (Å²) in [6, 6.07) is 21.4. The highest BCUT2D eigenvalue weighted by Crippen LogP contribution is 2.49. The summed E-state index contributed by atoms with van der Waals surface area (Å²) in [6.45, 7) is 0.273. The first kappa shape index (κ1) is 22.4. The Bertz CT molecular complexity index is 1370. The van der Waals surface area contributed by atoms with Gasteiger partial charge in [0, 0.05) is 18.2 Å². The Kier molecular flexibility index (Phi) is 5.78. The van der Waals surface area contributed by atoms with Crippen LogP contribution in [0.25, 0.3) is 11.1 Å². The minimum absolute atomic E-state index is 0.0711. The Morgan fingerprint density at radius 3 is 2.56 bits per heavy atom. The van der Waals surface area contributed by atoms with Gasteiger partial charge in [-0.15, -0.1) is 0 Å². The van der Waals surface area contributed by atoms with Crippen LogP contribution >= 0.6 is 0 Å². The van der Waals surface area contributed by atoms with Crippen LogP contribution in [0.3, 0.4) is 0 Å². The van der Waals surface area contributed by atoms with Crippen LogP contribution in [0.5, 0.6) is 5.75 Å². The lowest BCUT2D eigenvalue weighted by Crippen LogP contribution is -2.42. The van der Waals surface area contributed by atoms with E-state index in [9.17, 15) is 13.5 Å². The molecule has 0 bridgehead atoms. The number of ether oxygens (including phenoxy) is 1. The number of methoxy groups -OCH3 is 1. The molecule has 174 valence electrons. The molecule has 0 aromatic heterocycles. The molecule has 2 heterocycles. The smallest absolute Gasteiger partial charge is 0.247 e. The van der Waals surface area contributed by atoms with E-state index >= 15 is 0 Å². The van der Waals surface area contributed by atoms with Crippen molar-refractivity contribution >= 4 is 15.7 Å². The summed E-state index contributed by atoms with van der Waals surface area (Å²) < 4.78 is 34.6. The lowest BCUT2D eigenvalue weighted by Gasteiger charge is -2.39. The number of sulfonamides is 1. The lowest BCUT2D eigenvalue weighted by atomic mass is 9.82. The molecule has 2 aliphatic rings. The molecule has 0 spiro atoms. The number of fused-ring (bicyclic) bond motifs is 3. The molecule has 0 radical (unpaired) electrons. The first-order valence-corrected chi connectivity index (χ1v) is 12.6. The predicted molar refractivity (Wildman–Crippen MR) is 129 cm³/mol. The molecule has 0 amide bonds. The van der Waals surface area contributed by atoms with E-state index in [1.165, 1.54) is 7.11 Å². The highest BCUT2D eigenvalue weighted by Gasteiger charge is 2.49. The highest BCUT2D eigenvalue weighted by molar-refractivity contribution is 7.89. The van der Waals surface area contributed by atoms with Gasteiger partial charge < -0.3 is 15.2 Å². The molecule has 34 heavy (non-hydrogen) atoms. The van der Waals surface area contributed by atoms with Crippen LogP contribution in [0, 0.1) is 17.2 Å². The number of nitrogens with zero attached hydrogens (tertiary/aromatic N) is 2. The van der Waals surface area contributed by atoms with Crippen LogP contribution in [-0.2, 0) is 10.0 Å². The molecule has 3 atom stereocenters. The van der Waals surface area contributed by atoms with Crippen LogP contribution in [0.15, 0.2) is 71.6 Å². The zero-order valence-electron chi connectivity index (χ0n) is 18.7. The summed E-state index contributed by atoms with van der Waals surface area (Å²) in [6.07, 6.45) is 0.637. The van der Waals surface area contributed by atoms with Gasteiger partial charge in [0.05, 0.1) is 37.4 Å². The van der Waals surface area contributed by atoms with Crippen molar-refractivity contribution in [1.29, 1.82) is 5.26 Å². The lowest BCUT2D eigenvalue weighted by molar-refractivity contribution is 0.210. The molecular formula is C26H25N3O4S. The second-order valence-corrected chi connectivity index (χ2v) is 10.4. The van der Waals surface area contributed by atoms with Crippen LogP contribution in [0.4, 0.5) is 5.69 Å². The first-order valence-electron chi connectivity index (χ1n) is 11.1. The fraction of sp³-hybridized carbons (Fsp3) is 0.269. The zero-order valence-corrected chi connectivity index (χ0v) is 19.5. The molecule has 3 aromatic rings. The summed E-state index contributed by atoms with van der Waals surface area (Å²) >= 11 is 0. The third-order valence-electron chi connectivity index (χ3n) is 6.83. The maximum absolute atomic E-state index is 13.8. The van der Waals surface area contributed by atoms with Crippen molar-refractivity contribution in [3.63, 3.8) is 0 Å². The largest absolute Gasteiger partial charge is 0.495 e. The average molecular weight is 476 g/mol. The van der Waals surface area contributed by atoms with Crippen molar-refractivity contribution in [3.8, 4) is 22.9 Å². The monoisotopic (exact) mass is 475 g/mol. The second-order valence-electron chi connectivity index (χ2n) is 8.59. The Morgan fingerprint density at radius 1 is 1.12 bits per heavy atom. The molecule has 2 aliphatic heterocycles. The quantitative estimate of drug-likeness (QED) is 0.582. The molecule has 1 saturated heterocycles. The highest BCUT2D eigenvalue weighted by atomic mass is 32.2. The molecule has 2 N–H and O–H groups in total. The van der Waals surface area contributed by atoms with Gasteiger partial charge in [0.1, 0.15) is 10.6 Å². The summed E-state index contributed by atoms with van der Waals surface area (Å²) in [5.41, 5.74) is 4.17. The standard InChI is InChI=1S/C26H25N3O4S/c1-33-24-4-2-3-5-25(24)34(31,32)29-13-12-20-23(16-30)28-22-11-10-19(14-21(22)26(20)29)18-8-6-17(15-27)7-9-18/h2-11,14,20,23,26,28,30H,12-13,16H2,1H3/t20-,23+,26-/m1/s1. The summed E-state index contributed by atoms with van der Waals surface area (Å²) in [5, 5.41) is 22.6. The Morgan fingerprint density at radius 2 is 1.85 bits per heavy atom. The number of aliphatic hydroxyl groups is 1. The number of rotatable bonds is 5. The Hall–Kier alpha value is -3.38. The molecule has 7 nitrogen and oxygen atoms in total. The van der Waals surface area contributed by atoms with Gasteiger partial charge in [0.25, 0.3) is 0 Å². The summed E-state index contributed by atoms with van der Waals surface area (Å²) in [7, 11) is -2.38. The van der Waals surface area contributed by atoms with E-state index in [0.717, 1.165) is 22.4 Å². The normalized spacial score (nSPS) is 21.7. The van der Waals surface area contributed by atoms with Gasteiger partial charge in [-0.3, -0.25) is 0 Å². The molecule has 3 aromatic carbocycles. The molecule has 5 rings (SSSR count). The average Bonchev–Trinajstić information content (AvgIpc) is 3.34. The predicted octanol–water partition coefficient (Wildman–Crippen LogP) is 3.77. The number of anilines is 1. The molecule has 0 saturated carbocycles. The van der Waals surface area contributed by atoms with Gasteiger partial charge in [-0.05, 0) is 59.5 Å². The second kappa shape index (κ2) is 8.76. The molecular weight excluding hydrogens is 450 g/mol. The molecule has 1 fully saturated rings. The van der Waals surface area contributed by atoms with Crippen molar-refractivity contribution in [2.75, 3.05) is 25.6 Å². The van der Waals surface area contributed by atoms with E-state index in [0.29, 0.717) is 24.3 Å². The van der Waals surface area contributed by atoms with E-state index < -0.39 is 16.1 Å².